The molecule has 21 heavy (non-hydrogen) atoms. The van der Waals surface area contributed by atoms with Crippen molar-refractivity contribution in [2.24, 2.45) is 0 Å². The monoisotopic (exact) mass is 417 g/mol. The van der Waals surface area contributed by atoms with Crippen LogP contribution >= 0.6 is 34.2 Å². The third-order valence-electron chi connectivity index (χ3n) is 3.07. The fraction of sp³-hybridized carbons (Fsp3) is 0.333. The molecule has 2 aromatic rings. The number of ether oxygens (including phenoxy) is 1. The Morgan fingerprint density at radius 3 is 2.52 bits per heavy atom. The van der Waals surface area contributed by atoms with E-state index in [0.29, 0.717) is 22.5 Å². The van der Waals surface area contributed by atoms with E-state index in [-0.39, 0.29) is 0 Å². The fourth-order valence-corrected chi connectivity index (χ4v) is 3.34. The van der Waals surface area contributed by atoms with Gasteiger partial charge >= 0.3 is 0 Å². The number of halogens is 2. The summed E-state index contributed by atoms with van der Waals surface area (Å²) in [4.78, 5) is 9.26. The molecular formula is C15H17ClIN3O. The molecule has 0 atom stereocenters. The minimum atomic E-state index is 0.319. The van der Waals surface area contributed by atoms with Crippen molar-refractivity contribution in [1.29, 1.82) is 0 Å². The molecule has 1 aromatic carbocycles. The molecule has 112 valence electrons. The summed E-state index contributed by atoms with van der Waals surface area (Å²) in [5.74, 6) is 2.45. The molecule has 0 unspecified atom stereocenters. The van der Waals surface area contributed by atoms with Gasteiger partial charge in [-0.15, -0.1) is 0 Å². The van der Waals surface area contributed by atoms with Crippen molar-refractivity contribution >= 4 is 40.0 Å². The first-order valence-corrected chi connectivity index (χ1v) is 8.02. The minimum Gasteiger partial charge on any atom is -0.495 e. The third-order valence-corrected chi connectivity index (χ3v) is 4.43. The maximum atomic E-state index is 6.19. The summed E-state index contributed by atoms with van der Waals surface area (Å²) in [6, 6.07) is 5.57. The maximum Gasteiger partial charge on any atom is 0.161 e. The molecule has 1 heterocycles. The zero-order chi connectivity index (χ0) is 15.6. The van der Waals surface area contributed by atoms with Crippen molar-refractivity contribution in [1.82, 2.24) is 9.97 Å². The number of nitrogens with one attached hydrogen (secondary N) is 1. The molecule has 0 bridgehead atoms. The minimum absolute atomic E-state index is 0.319. The van der Waals surface area contributed by atoms with Crippen LogP contribution in [0.2, 0.25) is 5.02 Å². The maximum absolute atomic E-state index is 6.19. The topological polar surface area (TPSA) is 47.0 Å². The van der Waals surface area contributed by atoms with E-state index in [4.69, 9.17) is 16.3 Å². The van der Waals surface area contributed by atoms with Crippen LogP contribution in [-0.2, 0) is 0 Å². The van der Waals surface area contributed by atoms with Gasteiger partial charge in [-0.1, -0.05) is 25.4 Å². The largest absolute Gasteiger partial charge is 0.495 e. The lowest BCUT2D eigenvalue weighted by molar-refractivity contribution is 0.415. The Bertz CT molecular complexity index is 662. The summed E-state index contributed by atoms with van der Waals surface area (Å²) >= 11 is 8.47. The molecule has 0 saturated heterocycles. The smallest absolute Gasteiger partial charge is 0.161 e. The first-order valence-electron chi connectivity index (χ1n) is 6.57. The van der Waals surface area contributed by atoms with Gasteiger partial charge in [0.25, 0.3) is 0 Å². The molecule has 0 saturated carbocycles. The first-order chi connectivity index (χ1) is 9.97. The Hall–Kier alpha value is -1.08. The summed E-state index contributed by atoms with van der Waals surface area (Å²) in [6.45, 7) is 4.24. The summed E-state index contributed by atoms with van der Waals surface area (Å²) in [7, 11) is 3.46. The van der Waals surface area contributed by atoms with E-state index in [1.165, 1.54) is 0 Å². The molecule has 0 radical (unpaired) electrons. The van der Waals surface area contributed by atoms with Crippen LogP contribution in [0.25, 0.3) is 11.4 Å². The predicted octanol–water partition coefficient (Wildman–Crippen LogP) is 4.58. The third kappa shape index (κ3) is 3.40. The Kier molecular flexibility index (Phi) is 5.27. The van der Waals surface area contributed by atoms with Gasteiger partial charge in [0.05, 0.1) is 21.4 Å². The molecular weight excluding hydrogens is 401 g/mol. The number of anilines is 1. The number of methoxy groups -OCH3 is 1. The second-order valence-corrected chi connectivity index (χ2v) is 6.34. The lowest BCUT2D eigenvalue weighted by Crippen LogP contribution is -2.06. The van der Waals surface area contributed by atoms with Crippen LogP contribution in [-0.4, -0.2) is 24.1 Å². The lowest BCUT2D eigenvalue weighted by Gasteiger charge is -2.14. The average molecular weight is 418 g/mol. The summed E-state index contributed by atoms with van der Waals surface area (Å²) in [5, 5.41) is 3.67. The highest BCUT2D eigenvalue weighted by molar-refractivity contribution is 14.1. The van der Waals surface area contributed by atoms with Crippen LogP contribution in [0.1, 0.15) is 25.5 Å². The molecule has 6 heteroatoms. The van der Waals surface area contributed by atoms with Gasteiger partial charge in [0, 0.05) is 12.6 Å². The van der Waals surface area contributed by atoms with Crippen LogP contribution in [0.4, 0.5) is 5.82 Å². The van der Waals surface area contributed by atoms with Crippen molar-refractivity contribution in [3.8, 4) is 17.1 Å². The molecule has 0 aliphatic carbocycles. The zero-order valence-electron chi connectivity index (χ0n) is 12.4. The van der Waals surface area contributed by atoms with E-state index in [0.717, 1.165) is 20.6 Å². The molecule has 0 aliphatic heterocycles. The van der Waals surface area contributed by atoms with Crippen LogP contribution < -0.4 is 10.1 Å². The second-order valence-electron chi connectivity index (χ2n) is 4.85. The normalized spacial score (nSPS) is 10.8. The van der Waals surface area contributed by atoms with Crippen molar-refractivity contribution < 1.29 is 4.74 Å². The van der Waals surface area contributed by atoms with Gasteiger partial charge in [0.1, 0.15) is 11.6 Å². The van der Waals surface area contributed by atoms with Crippen LogP contribution in [0, 0.1) is 3.57 Å². The van der Waals surface area contributed by atoms with E-state index in [9.17, 15) is 0 Å². The number of benzene rings is 1. The Morgan fingerprint density at radius 1 is 1.29 bits per heavy atom. The zero-order valence-corrected chi connectivity index (χ0v) is 15.3. The van der Waals surface area contributed by atoms with E-state index in [1.54, 1.807) is 7.11 Å². The van der Waals surface area contributed by atoms with Gasteiger partial charge in [0.2, 0.25) is 0 Å². The first kappa shape index (κ1) is 16.3. The van der Waals surface area contributed by atoms with Crippen LogP contribution in [0.15, 0.2) is 18.2 Å². The highest BCUT2D eigenvalue weighted by Crippen LogP contribution is 2.32. The highest BCUT2D eigenvalue weighted by atomic mass is 127. The van der Waals surface area contributed by atoms with Gasteiger partial charge in [-0.05, 0) is 46.7 Å². The molecule has 0 spiro atoms. The molecule has 4 nitrogen and oxygen atoms in total. The number of nitrogens with zero attached hydrogens (tertiary/aromatic N) is 2. The Labute approximate surface area is 143 Å². The van der Waals surface area contributed by atoms with Crippen LogP contribution in [0.3, 0.4) is 0 Å². The molecule has 1 aromatic heterocycles. The SMILES string of the molecule is CNc1nc(-c2ccc(OC)c(Cl)c2)nc(C(C)C)c1I. The van der Waals surface area contributed by atoms with Gasteiger partial charge < -0.3 is 10.1 Å². The van der Waals surface area contributed by atoms with Gasteiger partial charge in [-0.3, -0.25) is 0 Å². The molecule has 0 fully saturated rings. The number of hydrogen-bond donors (Lipinski definition) is 1. The van der Waals surface area contributed by atoms with Crippen molar-refractivity contribution in [2.45, 2.75) is 19.8 Å². The Balaban J connectivity index is 2.58. The summed E-state index contributed by atoms with van der Waals surface area (Å²) in [5.41, 5.74) is 1.90. The fourth-order valence-electron chi connectivity index (χ4n) is 1.95. The average Bonchev–Trinajstić information content (AvgIpc) is 2.47. The van der Waals surface area contributed by atoms with E-state index < -0.39 is 0 Å². The molecule has 2 rings (SSSR count). The van der Waals surface area contributed by atoms with Gasteiger partial charge in [0.15, 0.2) is 5.82 Å². The quantitative estimate of drug-likeness (QED) is 0.740. The molecule has 0 aliphatic rings. The van der Waals surface area contributed by atoms with Crippen molar-refractivity contribution in [3.63, 3.8) is 0 Å². The van der Waals surface area contributed by atoms with E-state index >= 15 is 0 Å². The summed E-state index contributed by atoms with van der Waals surface area (Å²) in [6.07, 6.45) is 0. The van der Waals surface area contributed by atoms with Crippen molar-refractivity contribution in [3.05, 3.63) is 32.5 Å². The highest BCUT2D eigenvalue weighted by Gasteiger charge is 2.15. The number of aromatic nitrogens is 2. The van der Waals surface area contributed by atoms with E-state index in [1.807, 2.05) is 25.2 Å². The predicted molar refractivity (Wildman–Crippen MR) is 95.4 cm³/mol. The van der Waals surface area contributed by atoms with Crippen LogP contribution in [0.5, 0.6) is 5.75 Å². The van der Waals surface area contributed by atoms with E-state index in [2.05, 4.69) is 51.7 Å². The summed E-state index contributed by atoms with van der Waals surface area (Å²) < 4.78 is 6.22. The number of rotatable bonds is 4. The molecule has 0 amide bonds. The lowest BCUT2D eigenvalue weighted by atomic mass is 10.1. The second kappa shape index (κ2) is 6.79. The van der Waals surface area contributed by atoms with Gasteiger partial charge in [-0.2, -0.15) is 0 Å². The Morgan fingerprint density at radius 2 is 2.00 bits per heavy atom. The van der Waals surface area contributed by atoms with Gasteiger partial charge in [-0.25, -0.2) is 9.97 Å². The van der Waals surface area contributed by atoms with Crippen molar-refractivity contribution in [2.75, 3.05) is 19.5 Å². The standard InChI is InChI=1S/C15H17ClIN3O/c1-8(2)13-12(17)15(18-3)20-14(19-13)9-5-6-11(21-4)10(16)7-9/h5-8H,1-4H3,(H,18,19,20). The molecule has 1 N–H and O–H groups in total. The number of hydrogen-bond acceptors (Lipinski definition) is 4.